The van der Waals surface area contributed by atoms with Gasteiger partial charge >= 0.3 is 0 Å². The number of aryl methyl sites for hydroxylation is 1. The Kier molecular flexibility index (Phi) is 4.41. The molecule has 3 heteroatoms. The molecule has 0 radical (unpaired) electrons. The minimum absolute atomic E-state index is 0.0763. The van der Waals surface area contributed by atoms with Gasteiger partial charge in [-0.1, -0.05) is 36.4 Å². The van der Waals surface area contributed by atoms with Gasteiger partial charge in [0.05, 0.1) is 0 Å². The SMILES string of the molecule is Cc1ccc(C(=O)NC(C)Cc2ccccc2)cc1N. The van der Waals surface area contributed by atoms with E-state index in [1.54, 1.807) is 12.1 Å². The molecule has 2 rings (SSSR count). The van der Waals surface area contributed by atoms with Gasteiger partial charge < -0.3 is 11.1 Å². The van der Waals surface area contributed by atoms with E-state index in [2.05, 4.69) is 17.4 Å². The fourth-order valence-corrected chi connectivity index (χ4v) is 2.11. The van der Waals surface area contributed by atoms with Crippen molar-refractivity contribution in [2.24, 2.45) is 0 Å². The first-order chi connectivity index (χ1) is 9.56. The van der Waals surface area contributed by atoms with Crippen molar-refractivity contribution < 1.29 is 4.79 Å². The summed E-state index contributed by atoms with van der Waals surface area (Å²) in [6.45, 7) is 3.93. The predicted octanol–water partition coefficient (Wildman–Crippen LogP) is 2.94. The minimum atomic E-state index is -0.0832. The summed E-state index contributed by atoms with van der Waals surface area (Å²) in [5, 5.41) is 3.00. The molecule has 0 aliphatic carbocycles. The average molecular weight is 268 g/mol. The summed E-state index contributed by atoms with van der Waals surface area (Å²) in [4.78, 5) is 12.1. The zero-order valence-electron chi connectivity index (χ0n) is 11.9. The molecule has 0 aliphatic heterocycles. The molecule has 2 aromatic rings. The second-order valence-electron chi connectivity index (χ2n) is 5.14. The van der Waals surface area contributed by atoms with Gasteiger partial charge in [0.2, 0.25) is 0 Å². The maximum Gasteiger partial charge on any atom is 0.251 e. The molecule has 0 saturated heterocycles. The number of hydrogen-bond donors (Lipinski definition) is 2. The molecule has 3 N–H and O–H groups in total. The van der Waals surface area contributed by atoms with E-state index in [-0.39, 0.29) is 11.9 Å². The molecule has 0 fully saturated rings. The molecule has 2 aromatic carbocycles. The van der Waals surface area contributed by atoms with Gasteiger partial charge in [-0.2, -0.15) is 0 Å². The fraction of sp³-hybridized carbons (Fsp3) is 0.235. The second-order valence-corrected chi connectivity index (χ2v) is 5.14. The van der Waals surface area contributed by atoms with Crippen LogP contribution < -0.4 is 11.1 Å². The van der Waals surface area contributed by atoms with E-state index in [1.165, 1.54) is 5.56 Å². The highest BCUT2D eigenvalue weighted by Crippen LogP contribution is 2.13. The first-order valence-electron chi connectivity index (χ1n) is 6.77. The van der Waals surface area contributed by atoms with E-state index in [0.717, 1.165) is 12.0 Å². The van der Waals surface area contributed by atoms with Crippen LogP contribution in [0, 0.1) is 6.92 Å². The summed E-state index contributed by atoms with van der Waals surface area (Å²) in [5.74, 6) is -0.0832. The largest absolute Gasteiger partial charge is 0.398 e. The Morgan fingerprint density at radius 1 is 1.20 bits per heavy atom. The number of nitrogen functional groups attached to an aromatic ring is 1. The van der Waals surface area contributed by atoms with Gasteiger partial charge in [0.1, 0.15) is 0 Å². The van der Waals surface area contributed by atoms with Crippen molar-refractivity contribution in [2.45, 2.75) is 26.3 Å². The number of nitrogens with one attached hydrogen (secondary N) is 1. The molecule has 1 unspecified atom stereocenters. The maximum absolute atomic E-state index is 12.1. The van der Waals surface area contributed by atoms with E-state index >= 15 is 0 Å². The lowest BCUT2D eigenvalue weighted by atomic mass is 10.1. The van der Waals surface area contributed by atoms with Crippen molar-refractivity contribution >= 4 is 11.6 Å². The molecule has 0 aliphatic rings. The highest BCUT2D eigenvalue weighted by atomic mass is 16.1. The van der Waals surface area contributed by atoms with Crippen molar-refractivity contribution in [3.05, 3.63) is 65.2 Å². The Hall–Kier alpha value is -2.29. The molecule has 104 valence electrons. The molecule has 0 saturated carbocycles. The van der Waals surface area contributed by atoms with Crippen molar-refractivity contribution in [3.63, 3.8) is 0 Å². The van der Waals surface area contributed by atoms with E-state index in [4.69, 9.17) is 5.73 Å². The molecule has 0 aromatic heterocycles. The molecular weight excluding hydrogens is 248 g/mol. The lowest BCUT2D eigenvalue weighted by Crippen LogP contribution is -2.34. The van der Waals surface area contributed by atoms with Gasteiger partial charge in [0, 0.05) is 17.3 Å². The van der Waals surface area contributed by atoms with Gasteiger partial charge in [0.15, 0.2) is 0 Å². The summed E-state index contributed by atoms with van der Waals surface area (Å²) in [6, 6.07) is 15.6. The number of carbonyl (C=O) groups excluding carboxylic acids is 1. The number of anilines is 1. The van der Waals surface area contributed by atoms with E-state index in [9.17, 15) is 4.79 Å². The molecule has 1 atom stereocenters. The smallest absolute Gasteiger partial charge is 0.251 e. The maximum atomic E-state index is 12.1. The Morgan fingerprint density at radius 3 is 2.55 bits per heavy atom. The normalized spacial score (nSPS) is 11.9. The van der Waals surface area contributed by atoms with Crippen molar-refractivity contribution in [1.29, 1.82) is 0 Å². The number of amides is 1. The number of nitrogens with two attached hydrogens (primary N) is 1. The van der Waals surface area contributed by atoms with Crippen LogP contribution in [0.3, 0.4) is 0 Å². The van der Waals surface area contributed by atoms with Crippen molar-refractivity contribution in [3.8, 4) is 0 Å². The van der Waals surface area contributed by atoms with Crippen LogP contribution in [0.15, 0.2) is 48.5 Å². The molecule has 3 nitrogen and oxygen atoms in total. The first kappa shape index (κ1) is 14.1. The van der Waals surface area contributed by atoms with Crippen molar-refractivity contribution in [1.82, 2.24) is 5.32 Å². The monoisotopic (exact) mass is 268 g/mol. The van der Waals surface area contributed by atoms with Crippen LogP contribution in [-0.4, -0.2) is 11.9 Å². The van der Waals surface area contributed by atoms with Crippen LogP contribution in [0.2, 0.25) is 0 Å². The van der Waals surface area contributed by atoms with Gasteiger partial charge in [-0.05, 0) is 43.5 Å². The fourth-order valence-electron chi connectivity index (χ4n) is 2.11. The second kappa shape index (κ2) is 6.24. The standard InChI is InChI=1S/C17H20N2O/c1-12-8-9-15(11-16(12)18)17(20)19-13(2)10-14-6-4-3-5-7-14/h3-9,11,13H,10,18H2,1-2H3,(H,19,20). The molecule has 1 amide bonds. The Balaban J connectivity index is 1.98. The lowest BCUT2D eigenvalue weighted by Gasteiger charge is -2.14. The summed E-state index contributed by atoms with van der Waals surface area (Å²) >= 11 is 0. The van der Waals surface area contributed by atoms with Crippen LogP contribution in [-0.2, 0) is 6.42 Å². The number of carbonyl (C=O) groups is 1. The van der Waals surface area contributed by atoms with Crippen LogP contribution in [0.5, 0.6) is 0 Å². The predicted molar refractivity (Wildman–Crippen MR) is 82.7 cm³/mol. The van der Waals surface area contributed by atoms with Gasteiger partial charge in [-0.3, -0.25) is 4.79 Å². The molecule has 20 heavy (non-hydrogen) atoms. The van der Waals surface area contributed by atoms with Crippen LogP contribution >= 0.6 is 0 Å². The highest BCUT2D eigenvalue weighted by Gasteiger charge is 2.11. The third kappa shape index (κ3) is 3.60. The molecule has 0 heterocycles. The molecule has 0 bridgehead atoms. The zero-order valence-corrected chi connectivity index (χ0v) is 11.9. The summed E-state index contributed by atoms with van der Waals surface area (Å²) < 4.78 is 0. The average Bonchev–Trinajstić information content (AvgIpc) is 2.42. The topological polar surface area (TPSA) is 55.1 Å². The van der Waals surface area contributed by atoms with Gasteiger partial charge in [-0.15, -0.1) is 0 Å². The van der Waals surface area contributed by atoms with E-state index in [1.807, 2.05) is 38.1 Å². The minimum Gasteiger partial charge on any atom is -0.398 e. The van der Waals surface area contributed by atoms with Crippen LogP contribution in [0.4, 0.5) is 5.69 Å². The summed E-state index contributed by atoms with van der Waals surface area (Å²) in [5.41, 5.74) is 9.28. The summed E-state index contributed by atoms with van der Waals surface area (Å²) in [7, 11) is 0. The van der Waals surface area contributed by atoms with Gasteiger partial charge in [-0.25, -0.2) is 0 Å². The van der Waals surface area contributed by atoms with Crippen molar-refractivity contribution in [2.75, 3.05) is 5.73 Å². The quantitative estimate of drug-likeness (QED) is 0.838. The number of hydrogen-bond acceptors (Lipinski definition) is 2. The van der Waals surface area contributed by atoms with E-state index in [0.29, 0.717) is 11.3 Å². The third-order valence-electron chi connectivity index (χ3n) is 3.30. The molecule has 0 spiro atoms. The van der Waals surface area contributed by atoms with Crippen LogP contribution in [0.1, 0.15) is 28.4 Å². The highest BCUT2D eigenvalue weighted by molar-refractivity contribution is 5.95. The Labute approximate surface area is 119 Å². The van der Waals surface area contributed by atoms with Crippen LogP contribution in [0.25, 0.3) is 0 Å². The number of rotatable bonds is 4. The van der Waals surface area contributed by atoms with E-state index < -0.39 is 0 Å². The third-order valence-corrected chi connectivity index (χ3v) is 3.30. The Morgan fingerprint density at radius 2 is 1.90 bits per heavy atom. The Bertz CT molecular complexity index is 593. The van der Waals surface area contributed by atoms with Gasteiger partial charge in [0.25, 0.3) is 5.91 Å². The first-order valence-corrected chi connectivity index (χ1v) is 6.77. The molecular formula is C17H20N2O. The lowest BCUT2D eigenvalue weighted by molar-refractivity contribution is 0.0940. The number of benzene rings is 2. The summed E-state index contributed by atoms with van der Waals surface area (Å²) in [6.07, 6.45) is 0.813. The zero-order chi connectivity index (χ0) is 14.5.